The fourth-order valence-electron chi connectivity index (χ4n) is 2.04. The minimum Gasteiger partial charge on any atom is -0.544 e. The zero-order valence-electron chi connectivity index (χ0n) is 13.7. The van der Waals surface area contributed by atoms with Gasteiger partial charge in [0, 0.05) is 12.4 Å². The van der Waals surface area contributed by atoms with Gasteiger partial charge in [0.1, 0.15) is 0 Å². The number of carbonyl (C=O) groups excluding carboxylic acids is 2. The third-order valence-electron chi connectivity index (χ3n) is 3.17. The standard InChI is InChI=1S/C8H5ClN2OS.C8H4ClNO2S.Li/c9-4-1-2-11-5-3-6(8(10)12)13-7(4)5;9-4-1-2-10-5-3-6(8(11)12)13-7(4)5;/h1-3H,(H2,10,12);1-3H,(H,11,12);/q;;+1/p-1. The molecule has 132 valence electrons. The number of aromatic nitrogens is 2. The van der Waals surface area contributed by atoms with Crippen molar-refractivity contribution in [2.24, 2.45) is 5.73 Å². The summed E-state index contributed by atoms with van der Waals surface area (Å²) in [6.45, 7) is 0. The molecule has 0 aliphatic rings. The topological polar surface area (TPSA) is 109 Å². The molecule has 0 aromatic carbocycles. The number of amides is 1. The van der Waals surface area contributed by atoms with Gasteiger partial charge in [-0.2, -0.15) is 0 Å². The molecule has 0 aliphatic heterocycles. The summed E-state index contributed by atoms with van der Waals surface area (Å²) in [5.41, 5.74) is 6.44. The Hall–Kier alpha value is -1.66. The molecule has 0 bridgehead atoms. The number of nitrogens with zero attached hydrogens (tertiary/aromatic N) is 2. The van der Waals surface area contributed by atoms with Crippen molar-refractivity contribution in [1.29, 1.82) is 0 Å². The van der Waals surface area contributed by atoms with Crippen molar-refractivity contribution in [3.05, 3.63) is 56.5 Å². The number of rotatable bonds is 2. The SMILES string of the molecule is NC(=O)c1cc2nccc(Cl)c2s1.O=C([O-])c1cc2nccc(Cl)c2s1.[Li+]. The van der Waals surface area contributed by atoms with Crippen LogP contribution in [0.2, 0.25) is 10.0 Å². The average molecular weight is 432 g/mol. The molecule has 0 aliphatic carbocycles. The number of pyridine rings is 2. The summed E-state index contributed by atoms with van der Waals surface area (Å²) in [4.78, 5) is 30.0. The van der Waals surface area contributed by atoms with Gasteiger partial charge in [0.25, 0.3) is 5.91 Å². The fourth-order valence-corrected chi connectivity index (χ4v) is 4.30. The third kappa shape index (κ3) is 4.79. The summed E-state index contributed by atoms with van der Waals surface area (Å²) >= 11 is 14.1. The molecule has 4 aromatic heterocycles. The van der Waals surface area contributed by atoms with E-state index < -0.39 is 11.9 Å². The molecule has 1 amide bonds. The largest absolute Gasteiger partial charge is 1.00 e. The van der Waals surface area contributed by atoms with E-state index in [0.717, 1.165) is 16.0 Å². The number of thiophene rings is 2. The molecule has 6 nitrogen and oxygen atoms in total. The van der Waals surface area contributed by atoms with Gasteiger partial charge in [0.05, 0.1) is 46.2 Å². The first kappa shape index (κ1) is 21.6. The molecule has 2 N–H and O–H groups in total. The van der Waals surface area contributed by atoms with Crippen LogP contribution in [0, 0.1) is 0 Å². The Morgan fingerprint density at radius 3 is 1.78 bits per heavy atom. The second-order valence-corrected chi connectivity index (χ2v) is 7.81. The van der Waals surface area contributed by atoms with Crippen molar-refractivity contribution in [3.8, 4) is 0 Å². The molecule has 0 unspecified atom stereocenters. The summed E-state index contributed by atoms with van der Waals surface area (Å²) in [5.74, 6) is -1.64. The monoisotopic (exact) mass is 431 g/mol. The second-order valence-electron chi connectivity index (χ2n) is 4.89. The van der Waals surface area contributed by atoms with Crippen LogP contribution >= 0.6 is 45.9 Å². The summed E-state index contributed by atoms with van der Waals surface area (Å²) in [6, 6.07) is 6.42. The van der Waals surface area contributed by atoms with E-state index in [4.69, 9.17) is 28.9 Å². The van der Waals surface area contributed by atoms with Gasteiger partial charge >= 0.3 is 18.9 Å². The van der Waals surface area contributed by atoms with Gasteiger partial charge in [0.15, 0.2) is 0 Å². The summed E-state index contributed by atoms with van der Waals surface area (Å²) in [7, 11) is 0. The first-order chi connectivity index (χ1) is 12.4. The maximum atomic E-state index is 10.8. The average Bonchev–Trinajstić information content (AvgIpc) is 3.21. The van der Waals surface area contributed by atoms with Crippen molar-refractivity contribution >= 4 is 78.2 Å². The Morgan fingerprint density at radius 2 is 1.37 bits per heavy atom. The van der Waals surface area contributed by atoms with Crippen LogP contribution in [0.5, 0.6) is 0 Å². The number of hydrogen-bond donors (Lipinski definition) is 1. The number of nitrogens with two attached hydrogens (primary N) is 1. The van der Waals surface area contributed by atoms with Crippen LogP contribution in [0.25, 0.3) is 20.4 Å². The number of carboxylic acids is 1. The molecule has 0 spiro atoms. The van der Waals surface area contributed by atoms with Crippen LogP contribution in [0.15, 0.2) is 36.7 Å². The van der Waals surface area contributed by atoms with Crippen LogP contribution < -0.4 is 29.7 Å². The number of halogens is 2. The molecule has 0 fully saturated rings. The Balaban J connectivity index is 0.000000187. The van der Waals surface area contributed by atoms with Crippen molar-refractivity contribution < 1.29 is 33.6 Å². The van der Waals surface area contributed by atoms with E-state index in [2.05, 4.69) is 9.97 Å². The molecule has 0 radical (unpaired) electrons. The summed E-state index contributed by atoms with van der Waals surface area (Å²) in [5, 5.41) is 11.6. The molecule has 0 saturated carbocycles. The minimum absolute atomic E-state index is 0. The van der Waals surface area contributed by atoms with Crippen molar-refractivity contribution in [3.63, 3.8) is 0 Å². The van der Waals surface area contributed by atoms with Gasteiger partial charge in [-0.1, -0.05) is 23.2 Å². The number of hydrogen-bond acceptors (Lipinski definition) is 7. The van der Waals surface area contributed by atoms with E-state index >= 15 is 0 Å². The molecular formula is C16H8Cl2LiN3O3S2. The van der Waals surface area contributed by atoms with Gasteiger partial charge < -0.3 is 15.6 Å². The molecular weight excluding hydrogens is 424 g/mol. The van der Waals surface area contributed by atoms with Crippen molar-refractivity contribution in [2.75, 3.05) is 0 Å². The fraction of sp³-hybridized carbons (Fsp3) is 0. The predicted molar refractivity (Wildman–Crippen MR) is 102 cm³/mol. The molecule has 27 heavy (non-hydrogen) atoms. The molecule has 4 rings (SSSR count). The number of carboxylic acid groups (broad SMARTS) is 1. The Bertz CT molecular complexity index is 1060. The second kappa shape index (κ2) is 9.02. The third-order valence-corrected chi connectivity index (χ3v) is 6.34. The zero-order valence-corrected chi connectivity index (χ0v) is 16.9. The number of aromatic carboxylic acids is 1. The molecule has 4 heterocycles. The first-order valence-electron chi connectivity index (χ1n) is 6.96. The van der Waals surface area contributed by atoms with Gasteiger partial charge in [0.2, 0.25) is 0 Å². The minimum atomic E-state index is -1.20. The van der Waals surface area contributed by atoms with Gasteiger partial charge in [-0.3, -0.25) is 14.8 Å². The smallest absolute Gasteiger partial charge is 0.544 e. The number of fused-ring (bicyclic) bond motifs is 2. The van der Waals surface area contributed by atoms with E-state index in [1.54, 1.807) is 24.4 Å². The number of carbonyl (C=O) groups is 2. The Labute approximate surface area is 183 Å². The quantitative estimate of drug-likeness (QED) is 0.461. The van der Waals surface area contributed by atoms with Crippen LogP contribution in [0.4, 0.5) is 0 Å². The zero-order chi connectivity index (χ0) is 18.8. The molecule has 11 heteroatoms. The maximum absolute atomic E-state index is 10.8. The number of primary amides is 1. The summed E-state index contributed by atoms with van der Waals surface area (Å²) < 4.78 is 1.49. The van der Waals surface area contributed by atoms with E-state index in [1.165, 1.54) is 23.6 Å². The molecule has 0 atom stereocenters. The van der Waals surface area contributed by atoms with Crippen LogP contribution in [0.1, 0.15) is 19.3 Å². The first-order valence-corrected chi connectivity index (χ1v) is 9.35. The van der Waals surface area contributed by atoms with Crippen molar-refractivity contribution in [1.82, 2.24) is 9.97 Å². The van der Waals surface area contributed by atoms with E-state index in [0.29, 0.717) is 30.7 Å². The van der Waals surface area contributed by atoms with Crippen LogP contribution in [-0.2, 0) is 0 Å². The van der Waals surface area contributed by atoms with Gasteiger partial charge in [-0.15, -0.1) is 22.7 Å². The van der Waals surface area contributed by atoms with Crippen molar-refractivity contribution in [2.45, 2.75) is 0 Å². The predicted octanol–water partition coefficient (Wildman–Crippen LogP) is 0.366. The van der Waals surface area contributed by atoms with Crippen LogP contribution in [-0.4, -0.2) is 21.8 Å². The molecule has 0 saturated heterocycles. The van der Waals surface area contributed by atoms with E-state index in [-0.39, 0.29) is 23.7 Å². The molecule has 4 aromatic rings. The van der Waals surface area contributed by atoms with E-state index in [1.807, 2.05) is 0 Å². The Morgan fingerprint density at radius 1 is 0.926 bits per heavy atom. The summed E-state index contributed by atoms with van der Waals surface area (Å²) in [6.07, 6.45) is 3.14. The van der Waals surface area contributed by atoms with E-state index in [9.17, 15) is 14.7 Å². The normalized spacial score (nSPS) is 10.1. The van der Waals surface area contributed by atoms with Gasteiger partial charge in [-0.05, 0) is 24.3 Å². The van der Waals surface area contributed by atoms with Crippen LogP contribution in [0.3, 0.4) is 0 Å². The van der Waals surface area contributed by atoms with Gasteiger partial charge in [-0.25, -0.2) is 0 Å². The Kier molecular flexibility index (Phi) is 7.23. The maximum Gasteiger partial charge on any atom is 1.00 e.